The lowest BCUT2D eigenvalue weighted by Crippen LogP contribution is -2.40. The van der Waals surface area contributed by atoms with Crippen LogP contribution in [0.2, 0.25) is 10.0 Å². The van der Waals surface area contributed by atoms with Crippen LogP contribution in [0.25, 0.3) is 0 Å². The average molecular weight is 386 g/mol. The van der Waals surface area contributed by atoms with Crippen molar-refractivity contribution >= 4 is 29.3 Å². The van der Waals surface area contributed by atoms with Crippen molar-refractivity contribution in [3.8, 4) is 0 Å². The molecule has 1 amide bonds. The van der Waals surface area contributed by atoms with Gasteiger partial charge in [-0.2, -0.15) is 0 Å². The van der Waals surface area contributed by atoms with Gasteiger partial charge < -0.3 is 14.4 Å². The largest absolute Gasteiger partial charge is 0.444 e. The van der Waals surface area contributed by atoms with E-state index in [0.717, 1.165) is 5.56 Å². The first-order chi connectivity index (χ1) is 11.7. The molecule has 1 saturated carbocycles. The van der Waals surface area contributed by atoms with E-state index in [2.05, 4.69) is 0 Å². The van der Waals surface area contributed by atoms with E-state index in [1.54, 1.807) is 0 Å². The second-order valence-electron chi connectivity index (χ2n) is 7.90. The Morgan fingerprint density at radius 3 is 2.40 bits per heavy atom. The lowest BCUT2D eigenvalue weighted by atomic mass is 9.91. The van der Waals surface area contributed by atoms with Crippen LogP contribution in [-0.2, 0) is 14.9 Å². The number of hydrogen-bond acceptors (Lipinski definition) is 3. The molecular weight excluding hydrogens is 361 g/mol. The number of ether oxygens (including phenoxy) is 2. The fourth-order valence-electron chi connectivity index (χ4n) is 3.99. The zero-order valence-electron chi connectivity index (χ0n) is 15.1. The normalized spacial score (nSPS) is 28.0. The maximum atomic E-state index is 12.3. The van der Waals surface area contributed by atoms with Gasteiger partial charge in [0.1, 0.15) is 5.60 Å². The minimum absolute atomic E-state index is 0.0806. The van der Waals surface area contributed by atoms with E-state index in [9.17, 15) is 4.79 Å². The summed E-state index contributed by atoms with van der Waals surface area (Å²) in [5, 5.41) is 1.11. The van der Waals surface area contributed by atoms with Gasteiger partial charge in [-0.05, 0) is 57.2 Å². The van der Waals surface area contributed by atoms with E-state index < -0.39 is 5.60 Å². The maximum absolute atomic E-state index is 12.3. The Hall–Kier alpha value is -0.970. The van der Waals surface area contributed by atoms with E-state index in [0.29, 0.717) is 48.2 Å². The number of fused-ring (bicyclic) bond motifs is 1. The van der Waals surface area contributed by atoms with Crippen LogP contribution in [0.15, 0.2) is 18.2 Å². The molecule has 0 spiro atoms. The van der Waals surface area contributed by atoms with Crippen LogP contribution < -0.4 is 0 Å². The molecule has 0 aromatic heterocycles. The van der Waals surface area contributed by atoms with Crippen molar-refractivity contribution in [1.82, 2.24) is 4.90 Å². The molecule has 138 valence electrons. The highest BCUT2D eigenvalue weighted by molar-refractivity contribution is 6.42. The highest BCUT2D eigenvalue weighted by Crippen LogP contribution is 2.64. The van der Waals surface area contributed by atoms with Gasteiger partial charge in [-0.3, -0.25) is 0 Å². The summed E-state index contributed by atoms with van der Waals surface area (Å²) in [6.07, 6.45) is -0.237. The summed E-state index contributed by atoms with van der Waals surface area (Å²) in [6, 6.07) is 5.81. The molecule has 1 aromatic carbocycles. The smallest absolute Gasteiger partial charge is 0.410 e. The highest BCUT2D eigenvalue weighted by Gasteiger charge is 2.69. The molecule has 1 unspecified atom stereocenters. The van der Waals surface area contributed by atoms with Gasteiger partial charge >= 0.3 is 6.09 Å². The summed E-state index contributed by atoms with van der Waals surface area (Å²) < 4.78 is 11.3. The highest BCUT2D eigenvalue weighted by atomic mass is 35.5. The summed E-state index contributed by atoms with van der Waals surface area (Å²) in [6.45, 7) is 10.3. The van der Waals surface area contributed by atoms with Crippen LogP contribution in [0.1, 0.15) is 33.3 Å². The van der Waals surface area contributed by atoms with Gasteiger partial charge in [0, 0.05) is 25.1 Å². The molecule has 1 aliphatic carbocycles. The fourth-order valence-corrected chi connectivity index (χ4v) is 4.29. The van der Waals surface area contributed by atoms with Crippen molar-refractivity contribution in [2.45, 2.75) is 38.7 Å². The minimum atomic E-state index is -0.476. The lowest BCUT2D eigenvalue weighted by Gasteiger charge is -2.29. The van der Waals surface area contributed by atoms with Gasteiger partial charge in [0.2, 0.25) is 0 Å². The Bertz CT molecular complexity index is 659. The number of halogens is 2. The number of nitrogens with zero attached hydrogens (tertiary/aromatic N) is 1. The lowest BCUT2D eigenvalue weighted by molar-refractivity contribution is 0.0239. The molecule has 0 bridgehead atoms. The molecule has 3 atom stereocenters. The third kappa shape index (κ3) is 3.49. The molecule has 1 saturated heterocycles. The summed E-state index contributed by atoms with van der Waals surface area (Å²) in [4.78, 5) is 14.1. The average Bonchev–Trinajstić information content (AvgIpc) is 2.89. The van der Waals surface area contributed by atoms with Crippen molar-refractivity contribution < 1.29 is 14.3 Å². The van der Waals surface area contributed by atoms with Crippen LogP contribution in [0.4, 0.5) is 4.79 Å². The first kappa shape index (κ1) is 18.8. The molecular formula is C19H25Cl2NO3. The zero-order valence-corrected chi connectivity index (χ0v) is 16.7. The Labute approximate surface area is 159 Å². The maximum Gasteiger partial charge on any atom is 0.410 e. The number of likely N-dealkylation sites (tertiary alicyclic amines) is 1. The van der Waals surface area contributed by atoms with E-state index in [4.69, 9.17) is 32.7 Å². The van der Waals surface area contributed by atoms with Crippen molar-refractivity contribution in [1.29, 1.82) is 0 Å². The number of hydrogen-bond donors (Lipinski definition) is 0. The number of piperidine rings is 1. The number of carbonyl (C=O) groups excluding carboxylic acids is 1. The summed E-state index contributed by atoms with van der Waals surface area (Å²) in [7, 11) is 0. The third-order valence-corrected chi connectivity index (χ3v) is 5.93. The molecule has 3 rings (SSSR count). The van der Waals surface area contributed by atoms with Crippen LogP contribution in [0.5, 0.6) is 0 Å². The zero-order chi connectivity index (χ0) is 18.4. The molecule has 6 heteroatoms. The fraction of sp³-hybridized carbons (Fsp3) is 0.632. The quantitative estimate of drug-likeness (QED) is 0.749. The topological polar surface area (TPSA) is 38.8 Å². The molecule has 1 heterocycles. The van der Waals surface area contributed by atoms with Gasteiger partial charge in [0.05, 0.1) is 16.7 Å². The standard InChI is InChI=1S/C19H25Cl2NO3/c1-5-24-11-19(12-6-7-15(20)16(21)8-12)13-9-22(10-14(13)19)17(23)25-18(2,3)4/h6-8,13-14H,5,9-11H2,1-4H3/t13-,14+,19?. The predicted molar refractivity (Wildman–Crippen MR) is 99.4 cm³/mol. The molecule has 4 nitrogen and oxygen atoms in total. The molecule has 0 radical (unpaired) electrons. The van der Waals surface area contributed by atoms with Crippen molar-refractivity contribution in [3.63, 3.8) is 0 Å². The number of amides is 1. The van der Waals surface area contributed by atoms with Gasteiger partial charge in [-0.1, -0.05) is 29.3 Å². The Morgan fingerprint density at radius 2 is 1.88 bits per heavy atom. The molecule has 2 fully saturated rings. The van der Waals surface area contributed by atoms with E-state index in [1.807, 2.05) is 50.8 Å². The van der Waals surface area contributed by atoms with E-state index >= 15 is 0 Å². The van der Waals surface area contributed by atoms with Crippen molar-refractivity contribution in [2.75, 3.05) is 26.3 Å². The van der Waals surface area contributed by atoms with Crippen LogP contribution in [-0.4, -0.2) is 42.9 Å². The Morgan fingerprint density at radius 1 is 1.24 bits per heavy atom. The van der Waals surface area contributed by atoms with Gasteiger partial charge in [0.25, 0.3) is 0 Å². The summed E-state index contributed by atoms with van der Waals surface area (Å²) in [5.41, 5.74) is 0.591. The Balaban J connectivity index is 1.76. The van der Waals surface area contributed by atoms with Crippen LogP contribution >= 0.6 is 23.2 Å². The SMILES string of the molecule is CCOCC1(c2ccc(Cl)c(Cl)c2)[C@@H]2CN(C(=O)OC(C)(C)C)C[C@@H]21. The number of benzene rings is 1. The van der Waals surface area contributed by atoms with Crippen LogP contribution in [0, 0.1) is 11.8 Å². The first-order valence-corrected chi connectivity index (χ1v) is 9.46. The van der Waals surface area contributed by atoms with Crippen molar-refractivity contribution in [3.05, 3.63) is 33.8 Å². The van der Waals surface area contributed by atoms with E-state index in [-0.39, 0.29) is 11.5 Å². The third-order valence-electron chi connectivity index (χ3n) is 5.19. The molecule has 1 aliphatic heterocycles. The van der Waals surface area contributed by atoms with Gasteiger partial charge in [-0.25, -0.2) is 4.79 Å². The van der Waals surface area contributed by atoms with Gasteiger partial charge in [-0.15, -0.1) is 0 Å². The second-order valence-corrected chi connectivity index (χ2v) is 8.72. The molecule has 2 aliphatic rings. The minimum Gasteiger partial charge on any atom is -0.444 e. The van der Waals surface area contributed by atoms with Crippen LogP contribution in [0.3, 0.4) is 0 Å². The molecule has 1 aromatic rings. The van der Waals surface area contributed by atoms with Crippen molar-refractivity contribution in [2.24, 2.45) is 11.8 Å². The number of rotatable bonds is 4. The molecule has 0 N–H and O–H groups in total. The number of carbonyl (C=O) groups is 1. The predicted octanol–water partition coefficient (Wildman–Crippen LogP) is 4.76. The van der Waals surface area contributed by atoms with Gasteiger partial charge in [0.15, 0.2) is 0 Å². The van der Waals surface area contributed by atoms with E-state index in [1.165, 1.54) is 0 Å². The second kappa shape index (κ2) is 6.64. The summed E-state index contributed by atoms with van der Waals surface area (Å²) in [5.74, 6) is 0.729. The Kier molecular flexibility index (Phi) is 5.00. The molecule has 25 heavy (non-hydrogen) atoms. The first-order valence-electron chi connectivity index (χ1n) is 8.70. The monoisotopic (exact) mass is 385 g/mol. The summed E-state index contributed by atoms with van der Waals surface area (Å²) >= 11 is 12.3.